The minimum absolute atomic E-state index is 0.220. The van der Waals surface area contributed by atoms with Crippen LogP contribution in [0, 0.1) is 24.7 Å². The molecule has 2 nitrogen and oxygen atoms in total. The molecule has 5 rings (SSSR count). The molecule has 3 aromatic carbocycles. The molecule has 0 aliphatic carbocycles. The third-order valence-corrected chi connectivity index (χ3v) is 7.04. The average Bonchev–Trinajstić information content (AvgIpc) is 2.71. The quantitative estimate of drug-likeness (QED) is 0.245. The smallest absolute Gasteiger partial charge is 0.228 e. The summed E-state index contributed by atoms with van der Waals surface area (Å²) < 4.78 is 9.12. The summed E-state index contributed by atoms with van der Waals surface area (Å²) >= 11 is 0. The maximum Gasteiger partial charge on any atom is 0.228 e. The second-order valence-corrected chi connectivity index (χ2v) is 12.7. The molecule has 176 valence electrons. The highest BCUT2D eigenvalue weighted by molar-refractivity contribution is 6.07. The van der Waals surface area contributed by atoms with E-state index in [-0.39, 0.29) is 10.8 Å². The molecule has 0 fully saturated rings. The predicted octanol–water partition coefficient (Wildman–Crippen LogP) is 8.38. The Labute approximate surface area is 204 Å². The van der Waals surface area contributed by atoms with Gasteiger partial charge in [0, 0.05) is 11.6 Å². The summed E-state index contributed by atoms with van der Waals surface area (Å²) in [4.78, 5) is 0. The third-order valence-electron chi connectivity index (χ3n) is 7.04. The first-order valence-corrected chi connectivity index (χ1v) is 12.5. The molecule has 0 saturated heterocycles. The lowest BCUT2D eigenvalue weighted by molar-refractivity contribution is -0.659. The number of nitrogens with zero attached hydrogens (tertiary/aromatic N) is 1. The SMILES string of the molecule is Cc1c2c(c(C)c3c(CC(C)(C)C)cccc13)Oc1cc(CC(C)(C)C)cc3cc[n+](C)c-2c13. The van der Waals surface area contributed by atoms with Crippen molar-refractivity contribution < 1.29 is 9.30 Å². The molecule has 34 heavy (non-hydrogen) atoms. The molecule has 0 saturated carbocycles. The van der Waals surface area contributed by atoms with E-state index in [4.69, 9.17) is 4.74 Å². The maximum atomic E-state index is 6.85. The Morgan fingerprint density at radius 2 is 1.53 bits per heavy atom. The van der Waals surface area contributed by atoms with Gasteiger partial charge in [0.1, 0.15) is 18.5 Å². The number of aromatic nitrogens is 1. The number of aryl methyl sites for hydroxylation is 3. The van der Waals surface area contributed by atoms with E-state index in [9.17, 15) is 0 Å². The Morgan fingerprint density at radius 1 is 0.824 bits per heavy atom. The van der Waals surface area contributed by atoms with Crippen LogP contribution in [-0.4, -0.2) is 0 Å². The number of hydrogen-bond donors (Lipinski definition) is 0. The summed E-state index contributed by atoms with van der Waals surface area (Å²) in [6.07, 6.45) is 4.26. The van der Waals surface area contributed by atoms with Crippen LogP contribution in [0.2, 0.25) is 0 Å². The molecule has 1 aliphatic rings. The van der Waals surface area contributed by atoms with E-state index in [1.54, 1.807) is 0 Å². The summed E-state index contributed by atoms with van der Waals surface area (Å²) in [7, 11) is 2.16. The maximum absolute atomic E-state index is 6.85. The van der Waals surface area contributed by atoms with Gasteiger partial charge < -0.3 is 4.74 Å². The van der Waals surface area contributed by atoms with E-state index < -0.39 is 0 Å². The summed E-state index contributed by atoms with van der Waals surface area (Å²) in [6.45, 7) is 18.4. The van der Waals surface area contributed by atoms with Crippen LogP contribution in [0.5, 0.6) is 11.5 Å². The van der Waals surface area contributed by atoms with E-state index in [0.717, 1.165) is 24.3 Å². The minimum atomic E-state index is 0.220. The van der Waals surface area contributed by atoms with Crippen molar-refractivity contribution in [3.8, 4) is 22.8 Å². The molecule has 0 bridgehead atoms. The summed E-state index contributed by atoms with van der Waals surface area (Å²) in [5.74, 6) is 2.01. The second-order valence-electron chi connectivity index (χ2n) is 12.7. The average molecular weight is 453 g/mol. The van der Waals surface area contributed by atoms with Crippen molar-refractivity contribution in [2.45, 2.75) is 68.2 Å². The van der Waals surface area contributed by atoms with Crippen molar-refractivity contribution in [2.75, 3.05) is 0 Å². The molecule has 1 aromatic heterocycles. The summed E-state index contributed by atoms with van der Waals surface area (Å²) in [5, 5.41) is 5.18. The van der Waals surface area contributed by atoms with Crippen molar-refractivity contribution in [3.05, 3.63) is 64.8 Å². The van der Waals surface area contributed by atoms with E-state index in [0.29, 0.717) is 0 Å². The van der Waals surface area contributed by atoms with Gasteiger partial charge in [-0.1, -0.05) is 65.8 Å². The Bertz CT molecular complexity index is 1460. The largest absolute Gasteiger partial charge is 0.455 e. The number of pyridine rings is 1. The minimum Gasteiger partial charge on any atom is -0.455 e. The number of rotatable bonds is 2. The number of ether oxygens (including phenoxy) is 1. The molecule has 0 amide bonds. The fourth-order valence-electron chi connectivity index (χ4n) is 5.82. The van der Waals surface area contributed by atoms with Gasteiger partial charge in [0.25, 0.3) is 0 Å². The second kappa shape index (κ2) is 7.57. The normalized spacial score (nSPS) is 13.3. The zero-order chi connectivity index (χ0) is 24.6. The highest BCUT2D eigenvalue weighted by Crippen LogP contribution is 2.51. The van der Waals surface area contributed by atoms with Crippen LogP contribution >= 0.6 is 0 Å². The highest BCUT2D eigenvalue weighted by Gasteiger charge is 2.33. The predicted molar refractivity (Wildman–Crippen MR) is 144 cm³/mol. The molecule has 0 N–H and O–H groups in total. The molecule has 0 atom stereocenters. The first kappa shape index (κ1) is 22.9. The Hall–Kier alpha value is -2.87. The topological polar surface area (TPSA) is 13.1 Å². The van der Waals surface area contributed by atoms with E-state index in [1.807, 2.05) is 0 Å². The fourth-order valence-corrected chi connectivity index (χ4v) is 5.82. The molecule has 1 aliphatic heterocycles. The van der Waals surface area contributed by atoms with Gasteiger partial charge in [0.2, 0.25) is 5.69 Å². The van der Waals surface area contributed by atoms with E-state index in [2.05, 4.69) is 110 Å². The number of fused-ring (bicyclic) bond motifs is 3. The highest BCUT2D eigenvalue weighted by atomic mass is 16.5. The third kappa shape index (κ3) is 3.78. The molecular weight excluding hydrogens is 414 g/mol. The van der Waals surface area contributed by atoms with Crippen LogP contribution in [0.4, 0.5) is 0 Å². The van der Waals surface area contributed by atoms with Crippen molar-refractivity contribution >= 4 is 21.5 Å². The van der Waals surface area contributed by atoms with Crippen LogP contribution < -0.4 is 9.30 Å². The first-order chi connectivity index (χ1) is 15.8. The van der Waals surface area contributed by atoms with Crippen LogP contribution in [0.15, 0.2) is 42.6 Å². The Morgan fingerprint density at radius 3 is 2.21 bits per heavy atom. The fraction of sp³-hybridized carbons (Fsp3) is 0.406. The molecule has 2 heteroatoms. The monoisotopic (exact) mass is 452 g/mol. The van der Waals surface area contributed by atoms with Gasteiger partial charge in [0.05, 0.1) is 10.9 Å². The lowest BCUT2D eigenvalue weighted by Gasteiger charge is -2.27. The molecule has 0 spiro atoms. The molecule has 4 aromatic rings. The van der Waals surface area contributed by atoms with Gasteiger partial charge in [-0.3, -0.25) is 0 Å². The van der Waals surface area contributed by atoms with Gasteiger partial charge in [0.15, 0.2) is 6.20 Å². The lowest BCUT2D eigenvalue weighted by atomic mass is 9.82. The van der Waals surface area contributed by atoms with Crippen LogP contribution in [0.1, 0.15) is 63.8 Å². The zero-order valence-corrected chi connectivity index (χ0v) is 22.3. The molecule has 2 heterocycles. The Kier molecular flexibility index (Phi) is 5.10. The van der Waals surface area contributed by atoms with Gasteiger partial charge in [-0.2, -0.15) is 0 Å². The molecule has 0 unspecified atom stereocenters. The van der Waals surface area contributed by atoms with Gasteiger partial charge in [-0.05, 0) is 76.4 Å². The van der Waals surface area contributed by atoms with Gasteiger partial charge >= 0.3 is 0 Å². The van der Waals surface area contributed by atoms with E-state index in [1.165, 1.54) is 55.1 Å². The lowest BCUT2D eigenvalue weighted by Crippen LogP contribution is -2.32. The zero-order valence-electron chi connectivity index (χ0n) is 22.3. The van der Waals surface area contributed by atoms with Crippen molar-refractivity contribution in [2.24, 2.45) is 17.9 Å². The van der Waals surface area contributed by atoms with Gasteiger partial charge in [-0.25, -0.2) is 4.57 Å². The van der Waals surface area contributed by atoms with Crippen LogP contribution in [0.3, 0.4) is 0 Å². The van der Waals surface area contributed by atoms with Gasteiger partial charge in [-0.15, -0.1) is 0 Å². The van der Waals surface area contributed by atoms with Crippen molar-refractivity contribution in [1.82, 2.24) is 0 Å². The standard InChI is InChI=1S/C32H38NO/c1-19-24-12-10-11-23(18-32(6,7)8)26(24)20(2)30-27(19)29-28-22(13-14-33(29)9)15-21(16-25(28)34-30)17-31(3,4)5/h10-16H,17-18H2,1-9H3/q+1. The molecule has 0 radical (unpaired) electrons. The van der Waals surface area contributed by atoms with Crippen LogP contribution in [0.25, 0.3) is 32.8 Å². The number of benzene rings is 3. The first-order valence-electron chi connectivity index (χ1n) is 12.5. The number of hydrogen-bond acceptors (Lipinski definition) is 1. The molecular formula is C32H38NO+. The van der Waals surface area contributed by atoms with Crippen LogP contribution in [-0.2, 0) is 19.9 Å². The Balaban J connectivity index is 1.84. The van der Waals surface area contributed by atoms with E-state index >= 15 is 0 Å². The van der Waals surface area contributed by atoms with Crippen molar-refractivity contribution in [1.29, 1.82) is 0 Å². The summed E-state index contributed by atoms with van der Waals surface area (Å²) in [6, 6.07) is 13.7. The summed E-state index contributed by atoms with van der Waals surface area (Å²) in [5.41, 5.74) is 8.24. The van der Waals surface area contributed by atoms with Crippen molar-refractivity contribution in [3.63, 3.8) is 0 Å².